The predicted molar refractivity (Wildman–Crippen MR) is 105 cm³/mol. The molecule has 27 heavy (non-hydrogen) atoms. The Morgan fingerprint density at radius 1 is 1.19 bits per heavy atom. The van der Waals surface area contributed by atoms with E-state index >= 15 is 0 Å². The Bertz CT molecular complexity index is 851. The highest BCUT2D eigenvalue weighted by Gasteiger charge is 2.21. The zero-order valence-corrected chi connectivity index (χ0v) is 15.4. The summed E-state index contributed by atoms with van der Waals surface area (Å²) < 4.78 is 13.3. The molecule has 0 spiro atoms. The van der Waals surface area contributed by atoms with Gasteiger partial charge in [-0.15, -0.1) is 0 Å². The third-order valence-electron chi connectivity index (χ3n) is 4.53. The summed E-state index contributed by atoms with van der Waals surface area (Å²) in [4.78, 5) is 16.8. The molecule has 0 radical (unpaired) electrons. The van der Waals surface area contributed by atoms with Crippen LogP contribution >= 0.6 is 12.2 Å². The second-order valence-corrected chi connectivity index (χ2v) is 6.63. The Hall–Kier alpha value is -2.88. The van der Waals surface area contributed by atoms with Gasteiger partial charge in [0.05, 0.1) is 23.8 Å². The molecular formula is C17H19FN8S. The number of rotatable bonds is 2. The minimum Gasteiger partial charge on any atom is -0.383 e. The second kappa shape index (κ2) is 7.78. The standard InChI is InChI=1S/C17H19FN8S/c18-12-9-14-16(22-10-12)13(1-2-20-14)23-24-17(27)26-7-5-25(6-8-26)15-11-19-3-4-21-15/h3-4,9-11,20H,1-2,5-8H2,(H,24,27)/b23-13-. The van der Waals surface area contributed by atoms with Crippen molar-refractivity contribution < 1.29 is 4.39 Å². The van der Waals surface area contributed by atoms with Gasteiger partial charge in [0.2, 0.25) is 0 Å². The number of nitrogens with one attached hydrogen (secondary N) is 2. The van der Waals surface area contributed by atoms with Crippen molar-refractivity contribution in [1.29, 1.82) is 0 Å². The lowest BCUT2D eigenvalue weighted by Crippen LogP contribution is -2.51. The SMILES string of the molecule is Fc1cnc2c(c1)NCC/C2=N/NC(=S)N1CCN(c2cnccn2)CC1. The zero-order valence-electron chi connectivity index (χ0n) is 14.6. The van der Waals surface area contributed by atoms with Gasteiger partial charge < -0.3 is 15.1 Å². The van der Waals surface area contributed by atoms with Gasteiger partial charge in [0, 0.05) is 57.6 Å². The van der Waals surface area contributed by atoms with Gasteiger partial charge in [-0.25, -0.2) is 14.4 Å². The van der Waals surface area contributed by atoms with Crippen molar-refractivity contribution in [3.63, 3.8) is 0 Å². The van der Waals surface area contributed by atoms with Crippen molar-refractivity contribution in [2.75, 3.05) is 42.9 Å². The van der Waals surface area contributed by atoms with Crippen molar-refractivity contribution in [2.24, 2.45) is 5.10 Å². The minimum absolute atomic E-state index is 0.369. The Kier molecular flexibility index (Phi) is 5.05. The number of halogens is 1. The van der Waals surface area contributed by atoms with E-state index in [9.17, 15) is 4.39 Å². The van der Waals surface area contributed by atoms with Crippen LogP contribution in [0, 0.1) is 5.82 Å². The van der Waals surface area contributed by atoms with Crippen LogP contribution in [0.25, 0.3) is 0 Å². The Labute approximate surface area is 161 Å². The summed E-state index contributed by atoms with van der Waals surface area (Å²) in [7, 11) is 0. The van der Waals surface area contributed by atoms with E-state index in [1.54, 1.807) is 18.6 Å². The molecule has 1 fully saturated rings. The van der Waals surface area contributed by atoms with Crippen LogP contribution in [0.1, 0.15) is 12.1 Å². The van der Waals surface area contributed by atoms with Crippen LogP contribution in [-0.4, -0.2) is 63.4 Å². The Balaban J connectivity index is 1.36. The maximum Gasteiger partial charge on any atom is 0.189 e. The Morgan fingerprint density at radius 3 is 2.81 bits per heavy atom. The number of nitrogens with zero attached hydrogens (tertiary/aromatic N) is 6. The smallest absolute Gasteiger partial charge is 0.189 e. The lowest BCUT2D eigenvalue weighted by Gasteiger charge is -2.36. The van der Waals surface area contributed by atoms with Crippen LogP contribution in [0.15, 0.2) is 36.0 Å². The number of fused-ring (bicyclic) bond motifs is 1. The number of anilines is 2. The summed E-state index contributed by atoms with van der Waals surface area (Å²) in [5.74, 6) is 0.507. The first kappa shape index (κ1) is 17.5. The number of piperazine rings is 1. The van der Waals surface area contributed by atoms with E-state index in [2.05, 4.69) is 40.6 Å². The first-order valence-electron chi connectivity index (χ1n) is 8.73. The molecule has 0 atom stereocenters. The van der Waals surface area contributed by atoms with E-state index in [0.717, 1.165) is 37.7 Å². The van der Waals surface area contributed by atoms with Crippen LogP contribution in [0.4, 0.5) is 15.9 Å². The van der Waals surface area contributed by atoms with Gasteiger partial charge in [0.1, 0.15) is 17.3 Å². The number of hydrazone groups is 1. The van der Waals surface area contributed by atoms with Gasteiger partial charge >= 0.3 is 0 Å². The molecule has 0 bridgehead atoms. The number of hydrogen-bond donors (Lipinski definition) is 2. The summed E-state index contributed by atoms with van der Waals surface area (Å²) in [6, 6.07) is 1.43. The number of hydrogen-bond acceptors (Lipinski definition) is 7. The molecule has 0 aliphatic carbocycles. The molecule has 140 valence electrons. The quantitative estimate of drug-likeness (QED) is 0.589. The molecule has 4 heterocycles. The van der Waals surface area contributed by atoms with Crippen molar-refractivity contribution >= 4 is 34.5 Å². The fourth-order valence-electron chi connectivity index (χ4n) is 3.13. The van der Waals surface area contributed by atoms with Crippen LogP contribution in [0.5, 0.6) is 0 Å². The highest BCUT2D eigenvalue weighted by atomic mass is 32.1. The monoisotopic (exact) mass is 386 g/mol. The third-order valence-corrected chi connectivity index (χ3v) is 4.88. The number of pyridine rings is 1. The first-order valence-corrected chi connectivity index (χ1v) is 9.14. The van der Waals surface area contributed by atoms with E-state index in [1.807, 2.05) is 0 Å². The molecule has 10 heteroatoms. The highest BCUT2D eigenvalue weighted by Crippen LogP contribution is 2.20. The molecule has 2 aliphatic rings. The summed E-state index contributed by atoms with van der Waals surface area (Å²) >= 11 is 5.48. The molecule has 1 saturated heterocycles. The molecule has 0 aromatic carbocycles. The van der Waals surface area contributed by atoms with Gasteiger partial charge in [0.15, 0.2) is 5.11 Å². The molecule has 2 aliphatic heterocycles. The van der Waals surface area contributed by atoms with Crippen molar-refractivity contribution in [1.82, 2.24) is 25.3 Å². The van der Waals surface area contributed by atoms with E-state index in [-0.39, 0.29) is 5.82 Å². The first-order chi connectivity index (χ1) is 13.2. The fourth-order valence-corrected chi connectivity index (χ4v) is 3.35. The molecule has 0 unspecified atom stereocenters. The van der Waals surface area contributed by atoms with Gasteiger partial charge in [0.25, 0.3) is 0 Å². The van der Waals surface area contributed by atoms with Crippen molar-refractivity contribution in [2.45, 2.75) is 6.42 Å². The lowest BCUT2D eigenvalue weighted by atomic mass is 10.1. The molecule has 2 N–H and O–H groups in total. The second-order valence-electron chi connectivity index (χ2n) is 6.24. The van der Waals surface area contributed by atoms with Crippen molar-refractivity contribution in [3.8, 4) is 0 Å². The van der Waals surface area contributed by atoms with E-state index < -0.39 is 0 Å². The molecular weight excluding hydrogens is 367 g/mol. The molecule has 2 aromatic heterocycles. The number of thiocarbonyl (C=S) groups is 1. The highest BCUT2D eigenvalue weighted by molar-refractivity contribution is 7.80. The largest absolute Gasteiger partial charge is 0.383 e. The number of aromatic nitrogens is 3. The summed E-state index contributed by atoms with van der Waals surface area (Å²) in [6.45, 7) is 3.85. The van der Waals surface area contributed by atoms with Gasteiger partial charge in [-0.1, -0.05) is 0 Å². The molecule has 8 nitrogen and oxygen atoms in total. The van der Waals surface area contributed by atoms with Crippen LogP contribution < -0.4 is 15.6 Å². The van der Waals surface area contributed by atoms with Gasteiger partial charge in [-0.3, -0.25) is 10.4 Å². The van der Waals surface area contributed by atoms with Crippen molar-refractivity contribution in [3.05, 3.63) is 42.4 Å². The van der Waals surface area contributed by atoms with E-state index in [1.165, 1.54) is 12.3 Å². The fraction of sp³-hybridized carbons (Fsp3) is 0.353. The van der Waals surface area contributed by atoms with Crippen LogP contribution in [0.2, 0.25) is 0 Å². The van der Waals surface area contributed by atoms with Crippen LogP contribution in [-0.2, 0) is 0 Å². The van der Waals surface area contributed by atoms with E-state index in [4.69, 9.17) is 12.2 Å². The molecule has 0 saturated carbocycles. The van der Waals surface area contributed by atoms with Crippen LogP contribution in [0.3, 0.4) is 0 Å². The predicted octanol–water partition coefficient (Wildman–Crippen LogP) is 1.23. The topological polar surface area (TPSA) is 81.6 Å². The molecule has 4 rings (SSSR count). The summed E-state index contributed by atoms with van der Waals surface area (Å²) in [5.41, 5.74) is 5.05. The summed E-state index contributed by atoms with van der Waals surface area (Å²) in [5, 5.41) is 8.14. The Morgan fingerprint density at radius 2 is 2.04 bits per heavy atom. The summed E-state index contributed by atoms with van der Waals surface area (Å²) in [6.07, 6.45) is 7.02. The maximum atomic E-state index is 13.3. The third kappa shape index (κ3) is 3.95. The van der Waals surface area contributed by atoms with Gasteiger partial charge in [-0.2, -0.15) is 5.10 Å². The maximum absolute atomic E-state index is 13.3. The van der Waals surface area contributed by atoms with Gasteiger partial charge in [-0.05, 0) is 12.2 Å². The average Bonchev–Trinajstić information content (AvgIpc) is 2.72. The lowest BCUT2D eigenvalue weighted by molar-refractivity contribution is 0.379. The average molecular weight is 386 g/mol. The minimum atomic E-state index is -0.369. The zero-order chi connectivity index (χ0) is 18.6. The molecule has 2 aromatic rings. The normalized spacial score (nSPS) is 18.0. The molecule has 0 amide bonds. The van der Waals surface area contributed by atoms with E-state index in [0.29, 0.717) is 29.5 Å².